The maximum absolute atomic E-state index is 11.9. The first kappa shape index (κ1) is 12.3. The van der Waals surface area contributed by atoms with E-state index in [0.717, 1.165) is 11.8 Å². The maximum Gasteiger partial charge on any atom is 0.223 e. The largest absolute Gasteiger partial charge is 0.224 e. The van der Waals surface area contributed by atoms with Gasteiger partial charge in [-0.2, -0.15) is 0 Å². The molecule has 3 heterocycles. The molecule has 3 rings (SSSR count). The van der Waals surface area contributed by atoms with Crippen molar-refractivity contribution in [1.82, 2.24) is 20.2 Å². The van der Waals surface area contributed by atoms with E-state index in [1.54, 1.807) is 5.51 Å². The van der Waals surface area contributed by atoms with Crippen LogP contribution in [-0.4, -0.2) is 34.3 Å². The Morgan fingerprint density at radius 1 is 1.39 bits per heavy atom. The van der Waals surface area contributed by atoms with Gasteiger partial charge in [0.2, 0.25) is 5.28 Å². The Balaban J connectivity index is 2.15. The zero-order valence-corrected chi connectivity index (χ0v) is 11.9. The van der Waals surface area contributed by atoms with E-state index in [1.165, 1.54) is 11.3 Å². The molecule has 94 valence electrons. The number of hydrogen-bond acceptors (Lipinski definition) is 8. The molecule has 0 radical (unpaired) electrons. The Hall–Kier alpha value is -0.770. The van der Waals surface area contributed by atoms with Gasteiger partial charge in [0.1, 0.15) is 15.4 Å². The van der Waals surface area contributed by atoms with Crippen LogP contribution in [0.5, 0.6) is 0 Å². The summed E-state index contributed by atoms with van der Waals surface area (Å²) in [5.74, 6) is 0.0566. The van der Waals surface area contributed by atoms with Crippen LogP contribution in [0.1, 0.15) is 5.69 Å². The van der Waals surface area contributed by atoms with Crippen LogP contribution >= 0.6 is 34.7 Å². The minimum atomic E-state index is -3.30. The normalized spacial score (nSPS) is 16.7. The SMILES string of the molecule is O=S1(=O)CCc2nc(Cl)nc(Sc3nncs3)c21. The molecule has 0 fully saturated rings. The van der Waals surface area contributed by atoms with E-state index in [1.807, 2.05) is 0 Å². The van der Waals surface area contributed by atoms with Gasteiger partial charge < -0.3 is 0 Å². The average molecular weight is 321 g/mol. The van der Waals surface area contributed by atoms with Gasteiger partial charge in [0.25, 0.3) is 0 Å². The zero-order valence-electron chi connectivity index (χ0n) is 8.70. The highest BCUT2D eigenvalue weighted by Crippen LogP contribution is 2.37. The van der Waals surface area contributed by atoms with Crippen molar-refractivity contribution in [3.63, 3.8) is 0 Å². The second kappa shape index (κ2) is 4.41. The highest BCUT2D eigenvalue weighted by molar-refractivity contribution is 8.01. The minimum absolute atomic E-state index is 0.0536. The van der Waals surface area contributed by atoms with E-state index in [4.69, 9.17) is 11.6 Å². The summed E-state index contributed by atoms with van der Waals surface area (Å²) < 4.78 is 24.5. The highest BCUT2D eigenvalue weighted by atomic mass is 35.5. The van der Waals surface area contributed by atoms with Gasteiger partial charge in [-0.25, -0.2) is 18.4 Å². The lowest BCUT2D eigenvalue weighted by Gasteiger charge is -2.04. The second-order valence-corrected chi connectivity index (χ2v) is 7.90. The van der Waals surface area contributed by atoms with Crippen LogP contribution in [0, 0.1) is 0 Å². The van der Waals surface area contributed by atoms with Gasteiger partial charge >= 0.3 is 0 Å². The van der Waals surface area contributed by atoms with Crippen molar-refractivity contribution in [2.24, 2.45) is 0 Å². The maximum atomic E-state index is 11.9. The number of nitrogens with zero attached hydrogens (tertiary/aromatic N) is 4. The molecule has 0 spiro atoms. The molecule has 0 saturated carbocycles. The summed E-state index contributed by atoms with van der Waals surface area (Å²) in [4.78, 5) is 8.15. The van der Waals surface area contributed by atoms with Crippen LogP contribution in [0.4, 0.5) is 0 Å². The number of aromatic nitrogens is 4. The zero-order chi connectivity index (χ0) is 12.8. The Labute approximate surface area is 116 Å². The molecule has 0 saturated heterocycles. The van der Waals surface area contributed by atoms with E-state index in [-0.39, 0.29) is 15.9 Å². The summed E-state index contributed by atoms with van der Waals surface area (Å²) in [7, 11) is -3.30. The van der Waals surface area contributed by atoms with Crippen molar-refractivity contribution < 1.29 is 8.42 Å². The molecule has 1 aliphatic rings. The minimum Gasteiger partial charge on any atom is -0.224 e. The predicted octanol–water partition coefficient (Wildman–Crippen LogP) is 1.46. The van der Waals surface area contributed by atoms with Crippen molar-refractivity contribution in [2.75, 3.05) is 5.75 Å². The quantitative estimate of drug-likeness (QED) is 0.611. The number of hydrogen-bond donors (Lipinski definition) is 0. The van der Waals surface area contributed by atoms with Crippen LogP contribution in [0.25, 0.3) is 0 Å². The number of fused-ring (bicyclic) bond motifs is 1. The monoisotopic (exact) mass is 320 g/mol. The van der Waals surface area contributed by atoms with Gasteiger partial charge in [-0.1, -0.05) is 11.3 Å². The van der Waals surface area contributed by atoms with Crippen LogP contribution in [0.15, 0.2) is 19.8 Å². The molecule has 2 aromatic heterocycles. The number of aryl methyl sites for hydroxylation is 1. The number of rotatable bonds is 2. The van der Waals surface area contributed by atoms with E-state index in [0.29, 0.717) is 21.5 Å². The smallest absolute Gasteiger partial charge is 0.223 e. The van der Waals surface area contributed by atoms with Crippen molar-refractivity contribution in [3.05, 3.63) is 16.5 Å². The van der Waals surface area contributed by atoms with Gasteiger partial charge in [0, 0.05) is 6.42 Å². The lowest BCUT2D eigenvalue weighted by molar-refractivity contribution is 0.597. The predicted molar refractivity (Wildman–Crippen MR) is 66.8 cm³/mol. The molecule has 0 N–H and O–H groups in total. The molecular formula is C8H5ClN4O2S3. The van der Waals surface area contributed by atoms with E-state index < -0.39 is 9.84 Å². The van der Waals surface area contributed by atoms with Crippen molar-refractivity contribution in [1.29, 1.82) is 0 Å². The summed E-state index contributed by atoms with van der Waals surface area (Å²) in [6, 6.07) is 0. The molecule has 0 atom stereocenters. The fourth-order valence-electron chi connectivity index (χ4n) is 1.62. The van der Waals surface area contributed by atoms with Gasteiger partial charge in [-0.3, -0.25) is 0 Å². The standard InChI is InChI=1S/C8H5ClN4O2S3/c9-7-11-4-1-2-18(14,15)5(4)6(12-7)17-8-13-10-3-16-8/h3H,1-2H2. The first-order valence-electron chi connectivity index (χ1n) is 4.79. The van der Waals surface area contributed by atoms with Gasteiger partial charge in [-0.15, -0.1) is 10.2 Å². The number of sulfone groups is 1. The van der Waals surface area contributed by atoms with Gasteiger partial charge in [-0.05, 0) is 23.4 Å². The molecule has 2 aromatic rings. The first-order valence-corrected chi connectivity index (χ1v) is 8.52. The summed E-state index contributed by atoms with van der Waals surface area (Å²) in [5.41, 5.74) is 2.06. The fraction of sp³-hybridized carbons (Fsp3) is 0.250. The Bertz CT molecular complexity index is 701. The lowest BCUT2D eigenvalue weighted by Crippen LogP contribution is -2.02. The first-order chi connectivity index (χ1) is 8.56. The molecule has 6 nitrogen and oxygen atoms in total. The number of halogens is 1. The molecule has 0 amide bonds. The van der Waals surface area contributed by atoms with Crippen LogP contribution < -0.4 is 0 Å². The van der Waals surface area contributed by atoms with Crippen LogP contribution in [0.2, 0.25) is 5.28 Å². The molecule has 18 heavy (non-hydrogen) atoms. The average Bonchev–Trinajstić information content (AvgIpc) is 2.87. The summed E-state index contributed by atoms with van der Waals surface area (Å²) in [6.45, 7) is 0. The van der Waals surface area contributed by atoms with Crippen LogP contribution in [0.3, 0.4) is 0 Å². The van der Waals surface area contributed by atoms with Crippen molar-refractivity contribution >= 4 is 44.5 Å². The van der Waals surface area contributed by atoms with Crippen molar-refractivity contribution in [2.45, 2.75) is 20.7 Å². The summed E-state index contributed by atoms with van der Waals surface area (Å²) in [5, 5.41) is 7.93. The van der Waals surface area contributed by atoms with E-state index in [2.05, 4.69) is 20.2 Å². The van der Waals surface area contributed by atoms with Gasteiger partial charge in [0.05, 0.1) is 11.4 Å². The molecule has 10 heteroatoms. The Morgan fingerprint density at radius 2 is 2.22 bits per heavy atom. The summed E-state index contributed by atoms with van der Waals surface area (Å²) >= 11 is 8.26. The lowest BCUT2D eigenvalue weighted by atomic mass is 10.3. The molecule has 0 aliphatic carbocycles. The topological polar surface area (TPSA) is 85.7 Å². The molecule has 0 unspecified atom stereocenters. The molecule has 0 aromatic carbocycles. The highest BCUT2D eigenvalue weighted by Gasteiger charge is 2.33. The van der Waals surface area contributed by atoms with E-state index >= 15 is 0 Å². The Kier molecular flexibility index (Phi) is 3.00. The molecular weight excluding hydrogens is 316 g/mol. The van der Waals surface area contributed by atoms with Gasteiger partial charge in [0.15, 0.2) is 14.2 Å². The van der Waals surface area contributed by atoms with E-state index in [9.17, 15) is 8.42 Å². The summed E-state index contributed by atoms with van der Waals surface area (Å²) in [6.07, 6.45) is 0.379. The van der Waals surface area contributed by atoms with Crippen molar-refractivity contribution in [3.8, 4) is 0 Å². The third-order valence-corrected chi connectivity index (χ3v) is 6.18. The Morgan fingerprint density at radius 3 is 2.94 bits per heavy atom. The second-order valence-electron chi connectivity index (χ2n) is 3.45. The third kappa shape index (κ3) is 2.11. The molecule has 0 bridgehead atoms. The molecule has 1 aliphatic heterocycles. The van der Waals surface area contributed by atoms with Crippen LogP contribution in [-0.2, 0) is 16.3 Å². The third-order valence-electron chi connectivity index (χ3n) is 2.32. The fourth-order valence-corrected chi connectivity index (χ4v) is 5.28.